The molecule has 18 heavy (non-hydrogen) atoms. The number of hydrogen-bond acceptors (Lipinski definition) is 2. The van der Waals surface area contributed by atoms with Crippen LogP contribution >= 0.6 is 11.6 Å². The molecule has 2 unspecified atom stereocenters. The van der Waals surface area contributed by atoms with Gasteiger partial charge in [-0.25, -0.2) is 0 Å². The van der Waals surface area contributed by atoms with E-state index in [1.54, 1.807) is 0 Å². The van der Waals surface area contributed by atoms with E-state index in [1.165, 1.54) is 24.9 Å². The Morgan fingerprint density at radius 1 is 1.39 bits per heavy atom. The summed E-state index contributed by atoms with van der Waals surface area (Å²) in [6, 6.07) is 8.39. The minimum atomic E-state index is 0.291. The van der Waals surface area contributed by atoms with Crippen LogP contribution in [0.5, 0.6) is 0 Å². The van der Waals surface area contributed by atoms with E-state index in [2.05, 4.69) is 17.9 Å². The summed E-state index contributed by atoms with van der Waals surface area (Å²) in [6.07, 6.45) is 5.03. The third-order valence-corrected chi connectivity index (χ3v) is 3.94. The average molecular weight is 267 g/mol. The minimum Gasteiger partial charge on any atom is -0.370 e. The van der Waals surface area contributed by atoms with Gasteiger partial charge < -0.3 is 10.6 Å². The van der Waals surface area contributed by atoms with Crippen LogP contribution in [0.2, 0.25) is 5.02 Å². The van der Waals surface area contributed by atoms with Gasteiger partial charge in [0.2, 0.25) is 0 Å². The van der Waals surface area contributed by atoms with Crippen LogP contribution in [0.25, 0.3) is 0 Å². The van der Waals surface area contributed by atoms with Crippen LogP contribution in [-0.4, -0.2) is 19.1 Å². The van der Waals surface area contributed by atoms with Crippen LogP contribution < -0.4 is 10.6 Å². The molecule has 3 heteroatoms. The molecular weight excluding hydrogens is 244 g/mol. The predicted molar refractivity (Wildman–Crippen MR) is 79.3 cm³/mol. The predicted octanol–water partition coefficient (Wildman–Crippen LogP) is 3.68. The van der Waals surface area contributed by atoms with E-state index in [0.717, 1.165) is 30.5 Å². The van der Waals surface area contributed by atoms with E-state index in [9.17, 15) is 0 Å². The van der Waals surface area contributed by atoms with E-state index >= 15 is 0 Å². The molecule has 0 radical (unpaired) electrons. The molecule has 0 amide bonds. The van der Waals surface area contributed by atoms with Crippen molar-refractivity contribution in [2.75, 3.05) is 18.0 Å². The van der Waals surface area contributed by atoms with Gasteiger partial charge in [0.15, 0.2) is 0 Å². The molecule has 0 bridgehead atoms. The standard InChI is InChI=1S/C15H23ClN2/c1-2-3-5-12-8-14(17)11-18(10-12)15-7-4-6-13(16)9-15/h4,6-7,9,12,14H,2-3,5,8,10-11,17H2,1H3. The Hall–Kier alpha value is -0.730. The van der Waals surface area contributed by atoms with Gasteiger partial charge in [-0.3, -0.25) is 0 Å². The Balaban J connectivity index is 2.03. The molecule has 1 aliphatic heterocycles. The summed E-state index contributed by atoms with van der Waals surface area (Å²) in [7, 11) is 0. The van der Waals surface area contributed by atoms with Crippen molar-refractivity contribution in [2.24, 2.45) is 11.7 Å². The highest BCUT2D eigenvalue weighted by atomic mass is 35.5. The SMILES string of the molecule is CCCCC1CC(N)CN(c2cccc(Cl)c2)C1. The normalized spacial score (nSPS) is 24.3. The molecular formula is C15H23ClN2. The average Bonchev–Trinajstić information content (AvgIpc) is 2.36. The number of benzene rings is 1. The Labute approximate surface area is 115 Å². The van der Waals surface area contributed by atoms with Gasteiger partial charge in [0.1, 0.15) is 0 Å². The van der Waals surface area contributed by atoms with Gasteiger partial charge in [0, 0.05) is 29.8 Å². The number of hydrogen-bond donors (Lipinski definition) is 1. The summed E-state index contributed by atoms with van der Waals surface area (Å²) in [5.74, 6) is 0.729. The summed E-state index contributed by atoms with van der Waals surface area (Å²) in [4.78, 5) is 2.39. The summed E-state index contributed by atoms with van der Waals surface area (Å²) in [6.45, 7) is 4.31. The van der Waals surface area contributed by atoms with Crippen molar-refractivity contribution in [2.45, 2.75) is 38.6 Å². The molecule has 2 nitrogen and oxygen atoms in total. The molecule has 1 aromatic rings. The van der Waals surface area contributed by atoms with Crippen molar-refractivity contribution in [3.8, 4) is 0 Å². The number of unbranched alkanes of at least 4 members (excludes halogenated alkanes) is 1. The lowest BCUT2D eigenvalue weighted by Gasteiger charge is -2.38. The monoisotopic (exact) mass is 266 g/mol. The quantitative estimate of drug-likeness (QED) is 0.901. The second kappa shape index (κ2) is 6.44. The molecule has 0 spiro atoms. The minimum absolute atomic E-state index is 0.291. The van der Waals surface area contributed by atoms with Crippen molar-refractivity contribution in [3.63, 3.8) is 0 Å². The molecule has 2 N–H and O–H groups in total. The second-order valence-corrected chi connectivity index (χ2v) is 5.83. The summed E-state index contributed by atoms with van der Waals surface area (Å²) < 4.78 is 0. The van der Waals surface area contributed by atoms with Gasteiger partial charge in [0.05, 0.1) is 0 Å². The highest BCUT2D eigenvalue weighted by Crippen LogP contribution is 2.27. The number of rotatable bonds is 4. The fourth-order valence-corrected chi connectivity index (χ4v) is 3.02. The Morgan fingerprint density at radius 3 is 2.94 bits per heavy atom. The van der Waals surface area contributed by atoms with Crippen LogP contribution in [-0.2, 0) is 0 Å². The highest BCUT2D eigenvalue weighted by Gasteiger charge is 2.24. The van der Waals surface area contributed by atoms with Crippen molar-refractivity contribution in [3.05, 3.63) is 29.3 Å². The zero-order valence-electron chi connectivity index (χ0n) is 11.1. The zero-order valence-corrected chi connectivity index (χ0v) is 11.9. The lowest BCUT2D eigenvalue weighted by atomic mass is 9.90. The first-order chi connectivity index (χ1) is 8.69. The van der Waals surface area contributed by atoms with Gasteiger partial charge >= 0.3 is 0 Å². The van der Waals surface area contributed by atoms with Crippen LogP contribution in [0.15, 0.2) is 24.3 Å². The van der Waals surface area contributed by atoms with E-state index in [1.807, 2.05) is 18.2 Å². The highest BCUT2D eigenvalue weighted by molar-refractivity contribution is 6.30. The molecule has 2 rings (SSSR count). The molecule has 0 aromatic heterocycles. The van der Waals surface area contributed by atoms with Crippen LogP contribution in [0.4, 0.5) is 5.69 Å². The van der Waals surface area contributed by atoms with E-state index < -0.39 is 0 Å². The first-order valence-electron chi connectivity index (χ1n) is 6.95. The Bertz CT molecular complexity index is 381. The largest absolute Gasteiger partial charge is 0.370 e. The summed E-state index contributed by atoms with van der Waals surface area (Å²) in [5, 5.41) is 0.803. The first kappa shape index (κ1) is 13.7. The van der Waals surface area contributed by atoms with Crippen molar-refractivity contribution >= 4 is 17.3 Å². The number of nitrogens with two attached hydrogens (primary N) is 1. The fraction of sp³-hybridized carbons (Fsp3) is 0.600. The lowest BCUT2D eigenvalue weighted by Crippen LogP contribution is -2.47. The van der Waals surface area contributed by atoms with Crippen LogP contribution in [0, 0.1) is 5.92 Å². The smallest absolute Gasteiger partial charge is 0.0426 e. The summed E-state index contributed by atoms with van der Waals surface area (Å²) >= 11 is 6.06. The molecule has 1 aromatic carbocycles. The topological polar surface area (TPSA) is 29.3 Å². The van der Waals surface area contributed by atoms with E-state index in [-0.39, 0.29) is 0 Å². The third-order valence-electron chi connectivity index (χ3n) is 3.71. The van der Waals surface area contributed by atoms with Gasteiger partial charge in [-0.05, 0) is 37.0 Å². The van der Waals surface area contributed by atoms with Crippen molar-refractivity contribution in [1.82, 2.24) is 0 Å². The molecule has 100 valence electrons. The molecule has 0 saturated carbocycles. The molecule has 1 fully saturated rings. The van der Waals surface area contributed by atoms with E-state index in [0.29, 0.717) is 6.04 Å². The van der Waals surface area contributed by atoms with Gasteiger partial charge in [-0.1, -0.05) is 37.4 Å². The first-order valence-corrected chi connectivity index (χ1v) is 7.33. The molecule has 1 aliphatic rings. The Morgan fingerprint density at radius 2 is 2.22 bits per heavy atom. The maximum absolute atomic E-state index is 6.19. The zero-order chi connectivity index (χ0) is 13.0. The molecule has 2 atom stereocenters. The fourth-order valence-electron chi connectivity index (χ4n) is 2.83. The number of halogens is 1. The molecule has 1 saturated heterocycles. The number of piperidine rings is 1. The number of anilines is 1. The van der Waals surface area contributed by atoms with Gasteiger partial charge in [0.25, 0.3) is 0 Å². The second-order valence-electron chi connectivity index (χ2n) is 5.39. The molecule has 0 aliphatic carbocycles. The molecule has 1 heterocycles. The summed E-state index contributed by atoms with van der Waals surface area (Å²) in [5.41, 5.74) is 7.40. The van der Waals surface area contributed by atoms with Gasteiger partial charge in [-0.15, -0.1) is 0 Å². The lowest BCUT2D eigenvalue weighted by molar-refractivity contribution is 0.349. The van der Waals surface area contributed by atoms with Crippen molar-refractivity contribution < 1.29 is 0 Å². The third kappa shape index (κ3) is 3.63. The van der Waals surface area contributed by atoms with Gasteiger partial charge in [-0.2, -0.15) is 0 Å². The maximum atomic E-state index is 6.19. The van der Waals surface area contributed by atoms with Crippen molar-refractivity contribution in [1.29, 1.82) is 0 Å². The van der Waals surface area contributed by atoms with E-state index in [4.69, 9.17) is 17.3 Å². The number of nitrogens with zero attached hydrogens (tertiary/aromatic N) is 1. The van der Waals surface area contributed by atoms with Crippen LogP contribution in [0.1, 0.15) is 32.6 Å². The Kier molecular flexibility index (Phi) is 4.90. The van der Waals surface area contributed by atoms with Crippen LogP contribution in [0.3, 0.4) is 0 Å². The maximum Gasteiger partial charge on any atom is 0.0426 e.